The fourth-order valence-electron chi connectivity index (χ4n) is 3.82. The van der Waals surface area contributed by atoms with Crippen LogP contribution in [0.3, 0.4) is 0 Å². The minimum Gasteiger partial charge on any atom is -0.465 e. The van der Waals surface area contributed by atoms with Gasteiger partial charge < -0.3 is 15.3 Å². The van der Waals surface area contributed by atoms with Crippen molar-refractivity contribution in [1.29, 1.82) is 0 Å². The van der Waals surface area contributed by atoms with Crippen molar-refractivity contribution in [2.45, 2.75) is 18.9 Å². The van der Waals surface area contributed by atoms with Crippen LogP contribution in [0.15, 0.2) is 72.8 Å². The maximum atomic E-state index is 13.3. The molecule has 30 heavy (non-hydrogen) atoms. The lowest BCUT2D eigenvalue weighted by atomic mass is 10.0. The third-order valence-corrected chi connectivity index (χ3v) is 5.30. The normalized spacial score (nSPS) is 13.6. The fraction of sp³-hybridized carbons (Fsp3) is 0.167. The number of nitrogens with one attached hydrogen (secondary N) is 1. The summed E-state index contributed by atoms with van der Waals surface area (Å²) >= 11 is 0. The van der Waals surface area contributed by atoms with Crippen molar-refractivity contribution in [3.05, 3.63) is 89.7 Å². The van der Waals surface area contributed by atoms with Gasteiger partial charge in [0, 0.05) is 18.7 Å². The van der Waals surface area contributed by atoms with E-state index in [0.717, 1.165) is 27.9 Å². The van der Waals surface area contributed by atoms with Gasteiger partial charge in [0.1, 0.15) is 11.9 Å². The van der Waals surface area contributed by atoms with E-state index in [1.54, 1.807) is 17.0 Å². The van der Waals surface area contributed by atoms with Crippen molar-refractivity contribution in [3.8, 4) is 11.1 Å². The molecule has 1 heterocycles. The molecule has 3 aromatic rings. The Balaban J connectivity index is 1.62. The molecule has 2 N–H and O–H groups in total. The molecule has 3 aromatic carbocycles. The van der Waals surface area contributed by atoms with Crippen LogP contribution in [0.2, 0.25) is 0 Å². The number of rotatable bonds is 5. The Morgan fingerprint density at radius 3 is 2.40 bits per heavy atom. The van der Waals surface area contributed by atoms with Crippen LogP contribution in [0.25, 0.3) is 11.1 Å². The van der Waals surface area contributed by atoms with Gasteiger partial charge in [0.25, 0.3) is 0 Å². The molecule has 0 bridgehead atoms. The number of halogens is 1. The molecule has 1 unspecified atom stereocenters. The first-order valence-corrected chi connectivity index (χ1v) is 9.75. The van der Waals surface area contributed by atoms with Crippen LogP contribution in [0.1, 0.15) is 11.1 Å². The second-order valence-electron chi connectivity index (χ2n) is 7.28. The molecule has 0 fully saturated rings. The summed E-state index contributed by atoms with van der Waals surface area (Å²) in [6.45, 7) is 0.494. The highest BCUT2D eigenvalue weighted by Crippen LogP contribution is 2.33. The van der Waals surface area contributed by atoms with Gasteiger partial charge >= 0.3 is 6.09 Å². The highest BCUT2D eigenvalue weighted by atomic mass is 19.1. The SMILES string of the molecule is O=C(O)NC(Cc1ccccc1)C(=O)N1CCc2ccc(-c3ccc(F)cc3)cc21. The molecule has 4 rings (SSSR count). The number of amides is 2. The van der Waals surface area contributed by atoms with Crippen molar-refractivity contribution in [2.75, 3.05) is 11.4 Å². The Bertz CT molecular complexity index is 1070. The average Bonchev–Trinajstić information content (AvgIpc) is 3.17. The van der Waals surface area contributed by atoms with Gasteiger partial charge in [-0.3, -0.25) is 4.79 Å². The molecule has 152 valence electrons. The largest absolute Gasteiger partial charge is 0.465 e. The topological polar surface area (TPSA) is 69.6 Å². The van der Waals surface area contributed by atoms with E-state index in [4.69, 9.17) is 0 Å². The van der Waals surface area contributed by atoms with E-state index in [0.29, 0.717) is 13.0 Å². The van der Waals surface area contributed by atoms with Crippen LogP contribution in [0.4, 0.5) is 14.9 Å². The summed E-state index contributed by atoms with van der Waals surface area (Å²) in [4.78, 5) is 26.3. The molecular weight excluding hydrogens is 383 g/mol. The van der Waals surface area contributed by atoms with E-state index in [-0.39, 0.29) is 18.1 Å². The second kappa shape index (κ2) is 8.37. The lowest BCUT2D eigenvalue weighted by molar-refractivity contribution is -0.120. The number of carbonyl (C=O) groups excluding carboxylic acids is 1. The summed E-state index contributed by atoms with van der Waals surface area (Å²) in [6, 6.07) is 20.5. The van der Waals surface area contributed by atoms with Gasteiger partial charge in [-0.15, -0.1) is 0 Å². The van der Waals surface area contributed by atoms with Gasteiger partial charge in [-0.1, -0.05) is 54.6 Å². The van der Waals surface area contributed by atoms with Crippen molar-refractivity contribution in [1.82, 2.24) is 5.32 Å². The van der Waals surface area contributed by atoms with Gasteiger partial charge in [-0.2, -0.15) is 0 Å². The summed E-state index contributed by atoms with van der Waals surface area (Å²) in [7, 11) is 0. The predicted octanol–water partition coefficient (Wildman–Crippen LogP) is 4.26. The van der Waals surface area contributed by atoms with Gasteiger partial charge in [0.05, 0.1) is 0 Å². The molecule has 1 aliphatic rings. The lowest BCUT2D eigenvalue weighted by Crippen LogP contribution is -2.49. The molecule has 6 heteroatoms. The monoisotopic (exact) mass is 404 g/mol. The fourth-order valence-corrected chi connectivity index (χ4v) is 3.82. The van der Waals surface area contributed by atoms with Gasteiger partial charge in [-0.05, 0) is 46.9 Å². The molecule has 0 aliphatic carbocycles. The maximum absolute atomic E-state index is 13.3. The summed E-state index contributed by atoms with van der Waals surface area (Å²) in [6.07, 6.45) is -0.255. The number of anilines is 1. The molecular formula is C24H21FN2O3. The quantitative estimate of drug-likeness (QED) is 0.668. The molecule has 0 saturated carbocycles. The third kappa shape index (κ3) is 4.17. The Hall–Kier alpha value is -3.67. The molecule has 1 atom stereocenters. The molecule has 5 nitrogen and oxygen atoms in total. The van der Waals surface area contributed by atoms with Crippen LogP contribution in [-0.2, 0) is 17.6 Å². The smallest absolute Gasteiger partial charge is 0.405 e. The van der Waals surface area contributed by atoms with E-state index in [1.807, 2.05) is 48.5 Å². The summed E-state index contributed by atoms with van der Waals surface area (Å²) in [5, 5.41) is 11.6. The summed E-state index contributed by atoms with van der Waals surface area (Å²) < 4.78 is 13.3. The Kier molecular flexibility index (Phi) is 5.48. The highest BCUT2D eigenvalue weighted by Gasteiger charge is 2.31. The van der Waals surface area contributed by atoms with E-state index in [2.05, 4.69) is 5.32 Å². The lowest BCUT2D eigenvalue weighted by Gasteiger charge is -2.24. The second-order valence-corrected chi connectivity index (χ2v) is 7.28. The van der Waals surface area contributed by atoms with Crippen LogP contribution in [0, 0.1) is 5.82 Å². The Morgan fingerprint density at radius 1 is 1.00 bits per heavy atom. The molecule has 0 saturated heterocycles. The standard InChI is InChI=1S/C24H21FN2O3/c25-20-10-8-17(9-11-20)19-7-6-18-12-13-27(22(18)15-19)23(28)21(26-24(29)30)14-16-4-2-1-3-5-16/h1-11,15,21,26H,12-14H2,(H,29,30). The van der Waals surface area contributed by atoms with Gasteiger partial charge in [0.15, 0.2) is 0 Å². The van der Waals surface area contributed by atoms with Gasteiger partial charge in [-0.25, -0.2) is 9.18 Å². The minimum atomic E-state index is -1.23. The summed E-state index contributed by atoms with van der Waals surface area (Å²) in [5.74, 6) is -0.587. The number of hydrogen-bond donors (Lipinski definition) is 2. The van der Waals surface area contributed by atoms with Crippen molar-refractivity contribution >= 4 is 17.7 Å². The first kappa shape index (κ1) is 19.6. The van der Waals surface area contributed by atoms with Crippen LogP contribution in [-0.4, -0.2) is 29.7 Å². The zero-order valence-corrected chi connectivity index (χ0v) is 16.2. The number of nitrogens with zero attached hydrogens (tertiary/aromatic N) is 1. The van der Waals surface area contributed by atoms with Crippen LogP contribution in [0.5, 0.6) is 0 Å². The van der Waals surface area contributed by atoms with Gasteiger partial charge in [0.2, 0.25) is 5.91 Å². The Morgan fingerprint density at radius 2 is 1.70 bits per heavy atom. The number of carboxylic acid groups (broad SMARTS) is 1. The number of fused-ring (bicyclic) bond motifs is 1. The first-order chi connectivity index (χ1) is 14.5. The number of benzene rings is 3. The van der Waals surface area contributed by atoms with E-state index >= 15 is 0 Å². The minimum absolute atomic E-state index is 0.273. The number of hydrogen-bond acceptors (Lipinski definition) is 2. The van der Waals surface area contributed by atoms with E-state index in [1.165, 1.54) is 12.1 Å². The van der Waals surface area contributed by atoms with Crippen LogP contribution >= 0.6 is 0 Å². The molecule has 2 amide bonds. The van der Waals surface area contributed by atoms with Crippen molar-refractivity contribution < 1.29 is 19.1 Å². The third-order valence-electron chi connectivity index (χ3n) is 5.30. The van der Waals surface area contributed by atoms with Crippen LogP contribution < -0.4 is 10.2 Å². The first-order valence-electron chi connectivity index (χ1n) is 9.75. The zero-order chi connectivity index (χ0) is 21.1. The molecule has 0 spiro atoms. The predicted molar refractivity (Wildman–Crippen MR) is 113 cm³/mol. The van der Waals surface area contributed by atoms with Crippen molar-refractivity contribution in [2.24, 2.45) is 0 Å². The Labute approximate surface area is 173 Å². The average molecular weight is 404 g/mol. The van der Waals surface area contributed by atoms with Crippen molar-refractivity contribution in [3.63, 3.8) is 0 Å². The molecule has 1 aliphatic heterocycles. The zero-order valence-electron chi connectivity index (χ0n) is 16.2. The summed E-state index contributed by atoms with van der Waals surface area (Å²) in [5.41, 5.74) is 4.40. The molecule has 0 aromatic heterocycles. The maximum Gasteiger partial charge on any atom is 0.405 e. The van der Waals surface area contributed by atoms with E-state index < -0.39 is 12.1 Å². The van der Waals surface area contributed by atoms with E-state index in [9.17, 15) is 19.1 Å². The number of carbonyl (C=O) groups is 2. The highest BCUT2D eigenvalue weighted by molar-refractivity contribution is 6.01. The molecule has 0 radical (unpaired) electrons.